The molecule has 1 heterocycles. The van der Waals surface area contributed by atoms with Crippen LogP contribution in [0.5, 0.6) is 0 Å². The molecular weight excluding hydrogens is 344 g/mol. The van der Waals surface area contributed by atoms with Crippen LogP contribution in [0.2, 0.25) is 0 Å². The van der Waals surface area contributed by atoms with Crippen LogP contribution >= 0.6 is 0 Å². The first-order valence-corrected chi connectivity index (χ1v) is 10.0. The highest BCUT2D eigenvalue weighted by molar-refractivity contribution is 5.83. The van der Waals surface area contributed by atoms with Gasteiger partial charge in [-0.1, -0.05) is 74.5 Å². The first-order valence-electron chi connectivity index (χ1n) is 10.0. The molecule has 1 aliphatic carbocycles. The molecule has 0 spiro atoms. The van der Waals surface area contributed by atoms with Gasteiger partial charge in [-0.2, -0.15) is 0 Å². The Kier molecular flexibility index (Phi) is 6.99. The van der Waals surface area contributed by atoms with E-state index in [1.54, 1.807) is 0 Å². The molecule has 2 aromatic rings. The zero-order valence-corrected chi connectivity index (χ0v) is 16.7. The zero-order valence-electron chi connectivity index (χ0n) is 16.7. The predicted molar refractivity (Wildman–Crippen MR) is 117 cm³/mol. The molecule has 0 atom stereocenters. The van der Waals surface area contributed by atoms with Gasteiger partial charge in [-0.05, 0) is 41.3 Å². The van der Waals surface area contributed by atoms with Crippen LogP contribution in [-0.4, -0.2) is 12.3 Å². The molecule has 28 heavy (non-hydrogen) atoms. The van der Waals surface area contributed by atoms with Gasteiger partial charge < -0.3 is 0 Å². The summed E-state index contributed by atoms with van der Waals surface area (Å²) in [4.78, 5) is 12.4. The normalized spacial score (nSPS) is 15.4. The fourth-order valence-electron chi connectivity index (χ4n) is 3.44. The third-order valence-corrected chi connectivity index (χ3v) is 4.78. The molecule has 0 radical (unpaired) electrons. The number of carbonyl (C=O) groups excluding carboxylic acids is 1. The summed E-state index contributed by atoms with van der Waals surface area (Å²) in [6, 6.07) is 20.3. The minimum absolute atomic E-state index is 0.257. The van der Waals surface area contributed by atoms with Crippen molar-refractivity contribution in [2.24, 2.45) is 0 Å². The van der Waals surface area contributed by atoms with Gasteiger partial charge in [0.05, 0.1) is 11.4 Å². The van der Waals surface area contributed by atoms with E-state index in [4.69, 9.17) is 0 Å². The average Bonchev–Trinajstić information content (AvgIpc) is 3.05. The van der Waals surface area contributed by atoms with Gasteiger partial charge in [0.2, 0.25) is 0 Å². The summed E-state index contributed by atoms with van der Waals surface area (Å²) in [5.41, 5.74) is 9.31. The summed E-state index contributed by atoms with van der Waals surface area (Å²) in [5.74, 6) is 0.257. The summed E-state index contributed by atoms with van der Waals surface area (Å²) < 4.78 is 0. The first kappa shape index (κ1) is 19.8. The Hall–Kier alpha value is -2.91. The second-order valence-corrected chi connectivity index (χ2v) is 6.69. The fraction of sp³-hybridized carbons (Fsp3) is 0.240. The molecule has 2 aliphatic rings. The van der Waals surface area contributed by atoms with Crippen molar-refractivity contribution in [1.82, 2.24) is 5.43 Å². The molecule has 0 aromatic heterocycles. The van der Waals surface area contributed by atoms with Gasteiger partial charge in [-0.25, -0.2) is 5.43 Å². The van der Waals surface area contributed by atoms with Gasteiger partial charge in [0.25, 0.3) is 0 Å². The molecule has 0 bridgehead atoms. The number of hydrogen-bond acceptors (Lipinski definition) is 3. The largest absolute Gasteiger partial charge is 0.299 e. The van der Waals surface area contributed by atoms with Crippen molar-refractivity contribution in [2.45, 2.75) is 33.1 Å². The minimum atomic E-state index is 0.257. The number of rotatable bonds is 5. The molecule has 3 nitrogen and oxygen atoms in total. The van der Waals surface area contributed by atoms with Crippen molar-refractivity contribution in [2.75, 3.05) is 11.6 Å². The van der Waals surface area contributed by atoms with Crippen molar-refractivity contribution in [3.8, 4) is 0 Å². The lowest BCUT2D eigenvalue weighted by atomic mass is 10.0. The van der Waals surface area contributed by atoms with E-state index in [1.807, 2.05) is 62.4 Å². The molecule has 0 saturated carbocycles. The van der Waals surface area contributed by atoms with Gasteiger partial charge in [0, 0.05) is 19.4 Å². The Morgan fingerprint density at radius 2 is 1.61 bits per heavy atom. The molecule has 1 aliphatic heterocycles. The fourth-order valence-corrected chi connectivity index (χ4v) is 3.44. The van der Waals surface area contributed by atoms with E-state index in [9.17, 15) is 4.79 Å². The predicted octanol–water partition coefficient (Wildman–Crippen LogP) is 5.38. The van der Waals surface area contributed by atoms with E-state index >= 15 is 0 Å². The number of anilines is 1. The summed E-state index contributed by atoms with van der Waals surface area (Å²) in [7, 11) is 0. The third-order valence-electron chi connectivity index (χ3n) is 4.78. The maximum absolute atomic E-state index is 12.4. The molecule has 2 aromatic carbocycles. The molecule has 0 fully saturated rings. The first-order chi connectivity index (χ1) is 13.8. The number of para-hydroxylation sites is 1. The van der Waals surface area contributed by atoms with E-state index in [1.165, 1.54) is 11.3 Å². The van der Waals surface area contributed by atoms with Crippen molar-refractivity contribution in [3.63, 3.8) is 0 Å². The number of hydrogen-bond donors (Lipinski definition) is 1. The Morgan fingerprint density at radius 3 is 2.32 bits per heavy atom. The van der Waals surface area contributed by atoms with Crippen LogP contribution < -0.4 is 10.4 Å². The van der Waals surface area contributed by atoms with Gasteiger partial charge in [0.1, 0.15) is 5.78 Å². The SMILES string of the molecule is CC.O=C(CC1=CCC2=C(C=C1)N(c1ccccc1)NC2)Cc1ccccc1. The van der Waals surface area contributed by atoms with Crippen LogP contribution in [0.15, 0.2) is 95.7 Å². The van der Waals surface area contributed by atoms with Gasteiger partial charge in [-0.3, -0.25) is 9.80 Å². The van der Waals surface area contributed by atoms with Crippen LogP contribution in [-0.2, 0) is 11.2 Å². The highest BCUT2D eigenvalue weighted by Gasteiger charge is 2.22. The summed E-state index contributed by atoms with van der Waals surface area (Å²) in [6.45, 7) is 4.84. The van der Waals surface area contributed by atoms with Crippen LogP contribution in [0, 0.1) is 0 Å². The molecule has 1 N–H and O–H groups in total. The standard InChI is InChI=1S/C23H22N2O.C2H6/c26-22(15-18-7-3-1-4-8-18)16-19-11-13-20-17-24-25(23(20)14-12-19)21-9-5-2-6-10-21;1-2/h1-12,14,24H,13,15-17H2;1-2H3. The Balaban J connectivity index is 0.00000109. The highest BCUT2D eigenvalue weighted by Crippen LogP contribution is 2.29. The van der Waals surface area contributed by atoms with Crippen LogP contribution in [0.1, 0.15) is 32.3 Å². The van der Waals surface area contributed by atoms with Crippen LogP contribution in [0.4, 0.5) is 5.69 Å². The van der Waals surface area contributed by atoms with E-state index in [0.717, 1.165) is 29.8 Å². The van der Waals surface area contributed by atoms with Crippen molar-refractivity contribution < 1.29 is 4.79 Å². The van der Waals surface area contributed by atoms with Crippen molar-refractivity contribution in [1.29, 1.82) is 0 Å². The van der Waals surface area contributed by atoms with E-state index < -0.39 is 0 Å². The lowest BCUT2D eigenvalue weighted by Crippen LogP contribution is -2.31. The smallest absolute Gasteiger partial charge is 0.141 e. The molecule has 0 unspecified atom stereocenters. The maximum Gasteiger partial charge on any atom is 0.141 e. The van der Waals surface area contributed by atoms with E-state index in [2.05, 4.69) is 40.8 Å². The number of nitrogens with zero attached hydrogens (tertiary/aromatic N) is 1. The van der Waals surface area contributed by atoms with Crippen LogP contribution in [0.25, 0.3) is 0 Å². The Bertz CT molecular complexity index is 879. The third kappa shape index (κ3) is 4.87. The summed E-state index contributed by atoms with van der Waals surface area (Å²) in [5, 5.41) is 2.13. The number of nitrogens with one attached hydrogen (secondary N) is 1. The maximum atomic E-state index is 12.4. The number of Topliss-reactive ketones (excluding diaryl/α,β-unsaturated/α-hetero) is 1. The highest BCUT2D eigenvalue weighted by atomic mass is 16.1. The number of ketones is 1. The number of carbonyl (C=O) groups is 1. The minimum Gasteiger partial charge on any atom is -0.299 e. The van der Waals surface area contributed by atoms with Crippen molar-refractivity contribution >= 4 is 11.5 Å². The molecule has 0 amide bonds. The molecular formula is C25H28N2O. The summed E-state index contributed by atoms with van der Waals surface area (Å²) >= 11 is 0. The zero-order chi connectivity index (χ0) is 19.8. The molecule has 3 heteroatoms. The average molecular weight is 373 g/mol. The lowest BCUT2D eigenvalue weighted by Gasteiger charge is -2.20. The van der Waals surface area contributed by atoms with Gasteiger partial charge in [0.15, 0.2) is 0 Å². The lowest BCUT2D eigenvalue weighted by molar-refractivity contribution is -0.117. The topological polar surface area (TPSA) is 32.3 Å². The quantitative estimate of drug-likeness (QED) is 0.765. The van der Waals surface area contributed by atoms with E-state index in [0.29, 0.717) is 12.8 Å². The van der Waals surface area contributed by atoms with Crippen molar-refractivity contribution in [3.05, 3.63) is 101 Å². The Labute approximate surface area is 168 Å². The van der Waals surface area contributed by atoms with Gasteiger partial charge >= 0.3 is 0 Å². The Morgan fingerprint density at radius 1 is 0.929 bits per heavy atom. The second kappa shape index (κ2) is 9.86. The summed E-state index contributed by atoms with van der Waals surface area (Å²) in [6.07, 6.45) is 8.29. The number of hydrazine groups is 1. The second-order valence-electron chi connectivity index (χ2n) is 6.69. The van der Waals surface area contributed by atoms with Crippen LogP contribution in [0.3, 0.4) is 0 Å². The van der Waals surface area contributed by atoms with E-state index in [-0.39, 0.29) is 5.78 Å². The molecule has 4 rings (SSSR count). The molecule has 144 valence electrons. The number of allylic oxidation sites excluding steroid dienone is 4. The molecule has 0 saturated heterocycles. The monoisotopic (exact) mass is 372 g/mol. The van der Waals surface area contributed by atoms with Gasteiger partial charge in [-0.15, -0.1) is 0 Å². The number of benzene rings is 2.